The maximum absolute atomic E-state index is 6.06. The predicted octanol–water partition coefficient (Wildman–Crippen LogP) is 3.33. The van der Waals surface area contributed by atoms with Crippen molar-refractivity contribution < 1.29 is 4.74 Å². The van der Waals surface area contributed by atoms with E-state index in [1.807, 2.05) is 36.5 Å². The maximum Gasteiger partial charge on any atom is 0.140 e. The first-order valence-electron chi connectivity index (χ1n) is 7.31. The first kappa shape index (κ1) is 15.6. The summed E-state index contributed by atoms with van der Waals surface area (Å²) < 4.78 is 5.24. The summed E-state index contributed by atoms with van der Waals surface area (Å²) in [7, 11) is 1.69. The van der Waals surface area contributed by atoms with Crippen molar-refractivity contribution in [3.8, 4) is 0 Å². The lowest BCUT2D eigenvalue weighted by molar-refractivity contribution is 0.205. The number of ether oxygens (including phenoxy) is 1. The van der Waals surface area contributed by atoms with Crippen LogP contribution in [0.4, 0.5) is 5.82 Å². The van der Waals surface area contributed by atoms with Crippen LogP contribution in [0.5, 0.6) is 0 Å². The van der Waals surface area contributed by atoms with Crippen LogP contribution < -0.4 is 4.90 Å². The van der Waals surface area contributed by atoms with Gasteiger partial charge in [0.2, 0.25) is 0 Å². The first-order chi connectivity index (χ1) is 11.3. The lowest BCUT2D eigenvalue weighted by Crippen LogP contribution is -2.28. The van der Waals surface area contributed by atoms with Gasteiger partial charge in [0, 0.05) is 43.0 Å². The molecule has 0 saturated heterocycles. The highest BCUT2D eigenvalue weighted by Gasteiger charge is 2.13. The number of anilines is 1. The molecule has 0 unspecified atom stereocenters. The molecule has 0 aliphatic heterocycles. The molecule has 0 amide bonds. The van der Waals surface area contributed by atoms with Crippen molar-refractivity contribution in [1.29, 1.82) is 0 Å². The molecule has 23 heavy (non-hydrogen) atoms. The van der Waals surface area contributed by atoms with Crippen LogP contribution in [0.25, 0.3) is 10.9 Å². The maximum atomic E-state index is 6.06. The van der Waals surface area contributed by atoms with Crippen molar-refractivity contribution in [3.05, 3.63) is 59.6 Å². The van der Waals surface area contributed by atoms with Gasteiger partial charge >= 0.3 is 0 Å². The summed E-state index contributed by atoms with van der Waals surface area (Å²) in [4.78, 5) is 15.1. The fourth-order valence-electron chi connectivity index (χ4n) is 2.44. The van der Waals surface area contributed by atoms with Gasteiger partial charge in [-0.25, -0.2) is 9.97 Å². The van der Waals surface area contributed by atoms with Crippen LogP contribution in [0, 0.1) is 0 Å². The van der Waals surface area contributed by atoms with Crippen molar-refractivity contribution in [2.24, 2.45) is 0 Å². The van der Waals surface area contributed by atoms with Crippen LogP contribution in [-0.4, -0.2) is 35.2 Å². The number of hydrogen-bond donors (Lipinski definition) is 0. The summed E-state index contributed by atoms with van der Waals surface area (Å²) in [5, 5.41) is 1.63. The fraction of sp³-hybridized carbons (Fsp3) is 0.235. The molecular weight excluding hydrogens is 312 g/mol. The van der Waals surface area contributed by atoms with Gasteiger partial charge in [0.15, 0.2) is 0 Å². The van der Waals surface area contributed by atoms with Crippen molar-refractivity contribution in [3.63, 3.8) is 0 Å². The van der Waals surface area contributed by atoms with E-state index in [0.717, 1.165) is 28.8 Å². The molecule has 0 fully saturated rings. The number of methoxy groups -OCH3 is 1. The van der Waals surface area contributed by atoms with E-state index in [9.17, 15) is 0 Å². The Hall–Kier alpha value is -2.24. The minimum Gasteiger partial charge on any atom is -0.383 e. The van der Waals surface area contributed by atoms with Gasteiger partial charge in [-0.15, -0.1) is 0 Å². The van der Waals surface area contributed by atoms with Gasteiger partial charge in [-0.3, -0.25) is 4.98 Å². The molecule has 0 aliphatic carbocycles. The third kappa shape index (κ3) is 3.75. The summed E-state index contributed by atoms with van der Waals surface area (Å²) in [6, 6.07) is 9.64. The molecular formula is C17H17ClN4O. The van der Waals surface area contributed by atoms with E-state index < -0.39 is 0 Å². The average Bonchev–Trinajstić information content (AvgIpc) is 2.58. The van der Waals surface area contributed by atoms with E-state index in [4.69, 9.17) is 16.3 Å². The molecule has 0 atom stereocenters. The van der Waals surface area contributed by atoms with E-state index in [1.54, 1.807) is 19.6 Å². The SMILES string of the molecule is COCCN(Cc1cccnc1)c1ncnc2cc(Cl)ccc12. The summed E-state index contributed by atoms with van der Waals surface area (Å²) in [5.74, 6) is 0.868. The molecule has 3 rings (SSSR count). The number of nitrogens with zero attached hydrogens (tertiary/aromatic N) is 4. The van der Waals surface area contributed by atoms with Gasteiger partial charge in [0.1, 0.15) is 12.1 Å². The summed E-state index contributed by atoms with van der Waals surface area (Å²) in [5.41, 5.74) is 1.94. The molecule has 118 valence electrons. The third-order valence-electron chi connectivity index (χ3n) is 3.54. The molecule has 0 radical (unpaired) electrons. The highest BCUT2D eigenvalue weighted by Crippen LogP contribution is 2.26. The van der Waals surface area contributed by atoms with Crippen LogP contribution >= 0.6 is 11.6 Å². The molecule has 5 nitrogen and oxygen atoms in total. The van der Waals surface area contributed by atoms with Crippen molar-refractivity contribution in [2.75, 3.05) is 25.2 Å². The van der Waals surface area contributed by atoms with Crippen molar-refractivity contribution >= 4 is 28.3 Å². The zero-order chi connectivity index (χ0) is 16.1. The average molecular weight is 329 g/mol. The molecule has 2 aromatic heterocycles. The standard InChI is InChI=1S/C17H17ClN4O/c1-23-8-7-22(11-13-3-2-6-19-10-13)17-15-5-4-14(18)9-16(15)20-12-21-17/h2-6,9-10,12H,7-8,11H2,1H3. The zero-order valence-electron chi connectivity index (χ0n) is 12.8. The Labute approximate surface area is 139 Å². The van der Waals surface area contributed by atoms with Crippen LogP contribution in [0.1, 0.15) is 5.56 Å². The monoisotopic (exact) mass is 328 g/mol. The largest absolute Gasteiger partial charge is 0.383 e. The van der Waals surface area contributed by atoms with Crippen LogP contribution in [0.2, 0.25) is 5.02 Å². The number of rotatable bonds is 6. The summed E-state index contributed by atoms with van der Waals surface area (Å²) >= 11 is 6.06. The topological polar surface area (TPSA) is 51.1 Å². The Morgan fingerprint density at radius 2 is 2.13 bits per heavy atom. The molecule has 0 bridgehead atoms. The highest BCUT2D eigenvalue weighted by atomic mass is 35.5. The molecule has 0 aliphatic rings. The first-order valence-corrected chi connectivity index (χ1v) is 7.69. The number of fused-ring (bicyclic) bond motifs is 1. The van der Waals surface area contributed by atoms with E-state index in [1.165, 1.54) is 0 Å². The molecule has 1 aromatic carbocycles. The lowest BCUT2D eigenvalue weighted by Gasteiger charge is -2.24. The molecule has 0 N–H and O–H groups in total. The minimum atomic E-state index is 0.610. The van der Waals surface area contributed by atoms with Gasteiger partial charge in [-0.1, -0.05) is 17.7 Å². The Balaban J connectivity index is 1.99. The Morgan fingerprint density at radius 1 is 1.22 bits per heavy atom. The number of aromatic nitrogens is 3. The molecule has 0 saturated carbocycles. The van der Waals surface area contributed by atoms with E-state index in [0.29, 0.717) is 18.2 Å². The predicted molar refractivity (Wildman–Crippen MR) is 91.7 cm³/mol. The van der Waals surface area contributed by atoms with E-state index in [-0.39, 0.29) is 0 Å². The van der Waals surface area contributed by atoms with Crippen LogP contribution in [0.3, 0.4) is 0 Å². The van der Waals surface area contributed by atoms with Crippen molar-refractivity contribution in [1.82, 2.24) is 15.0 Å². The second-order valence-electron chi connectivity index (χ2n) is 5.13. The molecule has 3 aromatic rings. The molecule has 0 spiro atoms. The lowest BCUT2D eigenvalue weighted by atomic mass is 10.2. The minimum absolute atomic E-state index is 0.610. The quantitative estimate of drug-likeness (QED) is 0.694. The number of halogens is 1. The van der Waals surface area contributed by atoms with Crippen LogP contribution in [0.15, 0.2) is 49.1 Å². The number of hydrogen-bond acceptors (Lipinski definition) is 5. The molecule has 6 heteroatoms. The second-order valence-corrected chi connectivity index (χ2v) is 5.57. The van der Waals surface area contributed by atoms with Gasteiger partial charge in [-0.2, -0.15) is 0 Å². The Bertz CT molecular complexity index is 782. The second kappa shape index (κ2) is 7.35. The smallest absolute Gasteiger partial charge is 0.140 e. The van der Waals surface area contributed by atoms with Gasteiger partial charge in [-0.05, 0) is 29.8 Å². The van der Waals surface area contributed by atoms with E-state index in [2.05, 4.69) is 19.9 Å². The highest BCUT2D eigenvalue weighted by molar-refractivity contribution is 6.31. The van der Waals surface area contributed by atoms with E-state index >= 15 is 0 Å². The van der Waals surface area contributed by atoms with Gasteiger partial charge in [0.05, 0.1) is 12.1 Å². The fourth-order valence-corrected chi connectivity index (χ4v) is 2.61. The van der Waals surface area contributed by atoms with Crippen LogP contribution in [-0.2, 0) is 11.3 Å². The van der Waals surface area contributed by atoms with Gasteiger partial charge < -0.3 is 9.64 Å². The zero-order valence-corrected chi connectivity index (χ0v) is 13.6. The molecule has 2 heterocycles. The van der Waals surface area contributed by atoms with Crippen molar-refractivity contribution in [2.45, 2.75) is 6.54 Å². The normalized spacial score (nSPS) is 10.9. The Kier molecular flexibility index (Phi) is 5.00. The third-order valence-corrected chi connectivity index (χ3v) is 3.77. The number of benzene rings is 1. The summed E-state index contributed by atoms with van der Waals surface area (Å²) in [6.07, 6.45) is 5.20. The summed E-state index contributed by atoms with van der Waals surface area (Å²) in [6.45, 7) is 2.03. The van der Waals surface area contributed by atoms with Gasteiger partial charge in [0.25, 0.3) is 0 Å². The number of pyridine rings is 1. The Morgan fingerprint density at radius 3 is 2.91 bits per heavy atom.